The maximum Gasteiger partial charge on any atom is 0.329 e. The second kappa shape index (κ2) is 6.92. The number of halogens is 2. The Morgan fingerprint density at radius 3 is 2.61 bits per heavy atom. The van der Waals surface area contributed by atoms with Gasteiger partial charge >= 0.3 is 5.97 Å². The van der Waals surface area contributed by atoms with Crippen molar-refractivity contribution in [1.82, 2.24) is 10.3 Å². The summed E-state index contributed by atoms with van der Waals surface area (Å²) in [5.41, 5.74) is 0.471. The average Bonchev–Trinajstić information content (AvgIpc) is 2.56. The van der Waals surface area contributed by atoms with Crippen LogP contribution in [0.2, 0.25) is 8.80 Å². The number of thiazole rings is 1. The summed E-state index contributed by atoms with van der Waals surface area (Å²) in [5, 5.41) is 2.50. The molecule has 1 heterocycles. The van der Waals surface area contributed by atoms with Gasteiger partial charge < -0.3 is 10.1 Å². The highest BCUT2D eigenvalue weighted by Gasteiger charge is 2.24. The predicted molar refractivity (Wildman–Crippen MR) is 70.1 cm³/mol. The van der Waals surface area contributed by atoms with E-state index in [0.29, 0.717) is 14.5 Å². The molecule has 0 bridgehead atoms. The van der Waals surface area contributed by atoms with Gasteiger partial charge in [-0.2, -0.15) is 0 Å². The Balaban J connectivity index is 2.80. The number of hydrogen-bond donors (Lipinski definition) is 1. The molecular weight excluding hydrogens is 299 g/mol. The number of carbonyl (C=O) groups excluding carboxylic acids is 2. The van der Waals surface area contributed by atoms with Crippen LogP contribution in [0.25, 0.3) is 0 Å². The van der Waals surface area contributed by atoms with Gasteiger partial charge in [-0.1, -0.05) is 34.5 Å². The molecule has 8 heteroatoms. The van der Waals surface area contributed by atoms with Crippen LogP contribution in [0, 0.1) is 0 Å². The second-order valence-corrected chi connectivity index (χ2v) is 5.58. The Hall–Kier alpha value is -0.850. The van der Waals surface area contributed by atoms with Crippen LogP contribution >= 0.6 is 34.5 Å². The third-order valence-corrected chi connectivity index (χ3v) is 3.41. The molecule has 0 saturated carbocycles. The summed E-state index contributed by atoms with van der Waals surface area (Å²) in [5.74, 6) is -0.849. The van der Waals surface area contributed by atoms with Gasteiger partial charge in [-0.15, -0.1) is 0 Å². The van der Waals surface area contributed by atoms with Gasteiger partial charge in [0.1, 0.15) is 10.4 Å². The molecule has 0 saturated heterocycles. The Morgan fingerprint density at radius 2 is 2.17 bits per heavy atom. The van der Waals surface area contributed by atoms with E-state index in [4.69, 9.17) is 27.9 Å². The standard InChI is InChI=1S/C10H12Cl2N2O3S/c1-3-17-9(16)7(13-5(2)15)4-6-8(11)18-10(12)14-6/h7H,3-4H2,1-2H3,(H,13,15). The Labute approximate surface area is 118 Å². The minimum Gasteiger partial charge on any atom is -0.464 e. The van der Waals surface area contributed by atoms with Crippen LogP contribution in [0.3, 0.4) is 0 Å². The number of amides is 1. The van der Waals surface area contributed by atoms with Gasteiger partial charge in [0.05, 0.1) is 12.3 Å². The predicted octanol–water partition coefficient (Wildman–Crippen LogP) is 2.06. The average molecular weight is 311 g/mol. The summed E-state index contributed by atoms with van der Waals surface area (Å²) in [6.07, 6.45) is 0.153. The van der Waals surface area contributed by atoms with Crippen LogP contribution in [0.4, 0.5) is 0 Å². The summed E-state index contributed by atoms with van der Waals surface area (Å²) in [6, 6.07) is -0.807. The number of rotatable bonds is 5. The number of hydrogen-bond acceptors (Lipinski definition) is 5. The SMILES string of the molecule is CCOC(=O)C(Cc1nc(Cl)sc1Cl)NC(C)=O. The van der Waals surface area contributed by atoms with E-state index in [-0.39, 0.29) is 18.9 Å². The Kier molecular flexibility index (Phi) is 5.84. The van der Waals surface area contributed by atoms with Crippen LogP contribution in [0.1, 0.15) is 19.5 Å². The normalized spacial score (nSPS) is 12.0. The molecule has 0 aliphatic heterocycles. The molecule has 1 aromatic rings. The summed E-state index contributed by atoms with van der Waals surface area (Å²) >= 11 is 12.7. The zero-order chi connectivity index (χ0) is 13.7. The highest BCUT2D eigenvalue weighted by atomic mass is 35.5. The number of ether oxygens (including phenoxy) is 1. The monoisotopic (exact) mass is 310 g/mol. The fourth-order valence-electron chi connectivity index (χ4n) is 1.31. The van der Waals surface area contributed by atoms with E-state index in [2.05, 4.69) is 10.3 Å². The van der Waals surface area contributed by atoms with E-state index in [1.54, 1.807) is 6.92 Å². The van der Waals surface area contributed by atoms with Crippen molar-refractivity contribution in [3.63, 3.8) is 0 Å². The van der Waals surface area contributed by atoms with Gasteiger partial charge in [0.25, 0.3) is 0 Å². The largest absolute Gasteiger partial charge is 0.464 e. The van der Waals surface area contributed by atoms with Gasteiger partial charge in [-0.25, -0.2) is 9.78 Å². The number of aromatic nitrogens is 1. The first kappa shape index (κ1) is 15.2. The molecule has 0 fully saturated rings. The summed E-state index contributed by atoms with van der Waals surface area (Å²) in [7, 11) is 0. The molecule has 1 atom stereocenters. The maximum absolute atomic E-state index is 11.7. The van der Waals surface area contributed by atoms with Crippen molar-refractivity contribution in [2.75, 3.05) is 6.61 Å². The Morgan fingerprint density at radius 1 is 1.50 bits per heavy atom. The summed E-state index contributed by atoms with van der Waals surface area (Å²) < 4.78 is 5.56. The van der Waals surface area contributed by atoms with Crippen molar-refractivity contribution in [2.24, 2.45) is 0 Å². The lowest BCUT2D eigenvalue weighted by Gasteiger charge is -2.15. The topological polar surface area (TPSA) is 68.3 Å². The van der Waals surface area contributed by atoms with E-state index < -0.39 is 12.0 Å². The molecule has 0 aliphatic carbocycles. The smallest absolute Gasteiger partial charge is 0.329 e. The van der Waals surface area contributed by atoms with Gasteiger partial charge in [-0.05, 0) is 6.92 Å². The number of nitrogens with zero attached hydrogens (tertiary/aromatic N) is 1. The molecule has 1 aromatic heterocycles. The van der Waals surface area contributed by atoms with Gasteiger partial charge in [0.2, 0.25) is 5.91 Å². The molecule has 1 unspecified atom stereocenters. The van der Waals surface area contributed by atoms with Crippen molar-refractivity contribution in [2.45, 2.75) is 26.3 Å². The second-order valence-electron chi connectivity index (χ2n) is 3.40. The van der Waals surface area contributed by atoms with Gasteiger partial charge in [0, 0.05) is 13.3 Å². The summed E-state index contributed by atoms with van der Waals surface area (Å²) in [6.45, 7) is 3.25. The molecule has 1 N–H and O–H groups in total. The first-order valence-corrected chi connectivity index (χ1v) is 6.75. The van der Waals surface area contributed by atoms with Gasteiger partial charge in [-0.3, -0.25) is 4.79 Å². The van der Waals surface area contributed by atoms with E-state index in [1.807, 2.05) is 0 Å². The third kappa shape index (κ3) is 4.44. The zero-order valence-electron chi connectivity index (χ0n) is 9.83. The van der Waals surface area contributed by atoms with E-state index >= 15 is 0 Å². The molecule has 1 rings (SSSR count). The molecule has 5 nitrogen and oxygen atoms in total. The van der Waals surface area contributed by atoms with E-state index in [1.165, 1.54) is 6.92 Å². The van der Waals surface area contributed by atoms with Gasteiger partial charge in [0.15, 0.2) is 4.47 Å². The minimum atomic E-state index is -0.807. The fourth-order valence-corrected chi connectivity index (χ4v) is 2.65. The highest BCUT2D eigenvalue weighted by molar-refractivity contribution is 7.19. The highest BCUT2D eigenvalue weighted by Crippen LogP contribution is 2.28. The molecule has 0 spiro atoms. The van der Waals surface area contributed by atoms with Crippen molar-refractivity contribution in [3.8, 4) is 0 Å². The minimum absolute atomic E-state index is 0.153. The third-order valence-electron chi connectivity index (χ3n) is 1.97. The lowest BCUT2D eigenvalue weighted by Crippen LogP contribution is -2.42. The molecule has 18 heavy (non-hydrogen) atoms. The molecule has 0 aromatic carbocycles. The lowest BCUT2D eigenvalue weighted by molar-refractivity contribution is -0.147. The van der Waals surface area contributed by atoms with E-state index in [9.17, 15) is 9.59 Å². The number of esters is 1. The van der Waals surface area contributed by atoms with Crippen LogP contribution in [-0.2, 0) is 20.7 Å². The van der Waals surface area contributed by atoms with Crippen LogP contribution in [0.5, 0.6) is 0 Å². The number of carbonyl (C=O) groups is 2. The quantitative estimate of drug-likeness (QED) is 0.845. The maximum atomic E-state index is 11.7. The van der Waals surface area contributed by atoms with Crippen LogP contribution in [0.15, 0.2) is 0 Å². The Bertz CT molecular complexity index is 450. The van der Waals surface area contributed by atoms with Crippen LogP contribution < -0.4 is 5.32 Å². The van der Waals surface area contributed by atoms with Crippen molar-refractivity contribution >= 4 is 46.4 Å². The first-order chi connectivity index (χ1) is 8.43. The molecule has 1 amide bonds. The zero-order valence-corrected chi connectivity index (χ0v) is 12.2. The lowest BCUT2D eigenvalue weighted by atomic mass is 10.1. The number of nitrogens with one attached hydrogen (secondary N) is 1. The van der Waals surface area contributed by atoms with Crippen molar-refractivity contribution in [3.05, 3.63) is 14.5 Å². The van der Waals surface area contributed by atoms with Crippen LogP contribution in [-0.4, -0.2) is 29.5 Å². The molecular formula is C10H12Cl2N2O3S. The van der Waals surface area contributed by atoms with E-state index in [0.717, 1.165) is 11.3 Å². The fraction of sp³-hybridized carbons (Fsp3) is 0.500. The molecule has 100 valence electrons. The molecule has 0 aliphatic rings. The first-order valence-electron chi connectivity index (χ1n) is 5.18. The molecule has 0 radical (unpaired) electrons. The summed E-state index contributed by atoms with van der Waals surface area (Å²) in [4.78, 5) is 26.7. The van der Waals surface area contributed by atoms with Crippen molar-refractivity contribution in [1.29, 1.82) is 0 Å². The van der Waals surface area contributed by atoms with Crippen molar-refractivity contribution < 1.29 is 14.3 Å².